The number of β-amino-alcohol motifs (C(OH)–C–C–N with tert-alkyl or cyclic N) is 1. The van der Waals surface area contributed by atoms with Crippen LogP contribution in [-0.2, 0) is 6.54 Å². The van der Waals surface area contributed by atoms with Crippen LogP contribution in [0.25, 0.3) is 0 Å². The number of nitrogens with one attached hydrogen (secondary N) is 1. The summed E-state index contributed by atoms with van der Waals surface area (Å²) in [5.41, 5.74) is 2.68. The van der Waals surface area contributed by atoms with Crippen LogP contribution in [-0.4, -0.2) is 54.3 Å². The van der Waals surface area contributed by atoms with E-state index >= 15 is 0 Å². The first-order valence-corrected chi connectivity index (χ1v) is 8.82. The molecule has 3 rings (SSSR count). The average Bonchev–Trinajstić information content (AvgIpc) is 2.68. The van der Waals surface area contributed by atoms with E-state index in [1.807, 2.05) is 42.5 Å². The first-order valence-electron chi connectivity index (χ1n) is 8.82. The number of anilines is 2. The summed E-state index contributed by atoms with van der Waals surface area (Å²) in [6.45, 7) is 4.38. The van der Waals surface area contributed by atoms with Crippen molar-refractivity contribution in [3.05, 3.63) is 64.2 Å². The molecule has 2 aromatic rings. The van der Waals surface area contributed by atoms with Crippen molar-refractivity contribution in [2.45, 2.75) is 6.54 Å². The Hall–Kier alpha value is -2.64. The number of rotatable bonds is 7. The number of benzene rings is 2. The van der Waals surface area contributed by atoms with Gasteiger partial charge in [0.25, 0.3) is 5.69 Å². The molecule has 1 aliphatic rings. The predicted octanol–water partition coefficient (Wildman–Crippen LogP) is 2.32. The molecule has 0 aromatic heterocycles. The SMILES string of the molecule is O=[N+]([O-])c1cc(CNc2ccccc2)ccc1N1CCN(CCO)CC1. The summed E-state index contributed by atoms with van der Waals surface area (Å²) >= 11 is 0. The van der Waals surface area contributed by atoms with E-state index in [9.17, 15) is 10.1 Å². The van der Waals surface area contributed by atoms with Crippen LogP contribution < -0.4 is 10.2 Å². The molecule has 1 fully saturated rings. The van der Waals surface area contributed by atoms with Crippen molar-refractivity contribution in [3.63, 3.8) is 0 Å². The average molecular weight is 356 g/mol. The summed E-state index contributed by atoms with van der Waals surface area (Å²) in [5, 5.41) is 23.9. The van der Waals surface area contributed by atoms with Gasteiger partial charge in [-0.05, 0) is 23.8 Å². The molecule has 138 valence electrons. The molecule has 0 unspecified atom stereocenters. The molecule has 0 atom stereocenters. The van der Waals surface area contributed by atoms with Gasteiger partial charge in [0.1, 0.15) is 5.69 Å². The minimum absolute atomic E-state index is 0.142. The molecule has 0 aliphatic carbocycles. The monoisotopic (exact) mass is 356 g/mol. The van der Waals surface area contributed by atoms with Crippen LogP contribution in [0.1, 0.15) is 5.56 Å². The quantitative estimate of drug-likeness (QED) is 0.585. The lowest BCUT2D eigenvalue weighted by Gasteiger charge is -2.35. The summed E-state index contributed by atoms with van der Waals surface area (Å²) in [7, 11) is 0. The van der Waals surface area contributed by atoms with Crippen LogP contribution >= 0.6 is 0 Å². The van der Waals surface area contributed by atoms with E-state index in [1.165, 1.54) is 0 Å². The maximum absolute atomic E-state index is 11.6. The van der Waals surface area contributed by atoms with Crippen molar-refractivity contribution < 1.29 is 10.0 Å². The predicted molar refractivity (Wildman–Crippen MR) is 103 cm³/mol. The van der Waals surface area contributed by atoms with Gasteiger partial charge in [-0.25, -0.2) is 0 Å². The molecular formula is C19H24N4O3. The summed E-state index contributed by atoms with van der Waals surface area (Å²) in [6, 6.07) is 15.2. The normalized spacial score (nSPS) is 15.0. The molecular weight excluding hydrogens is 332 g/mol. The van der Waals surface area contributed by atoms with Crippen LogP contribution in [0.3, 0.4) is 0 Å². The van der Waals surface area contributed by atoms with Gasteiger partial charge in [0.15, 0.2) is 0 Å². The third-order valence-corrected chi connectivity index (χ3v) is 4.64. The fourth-order valence-electron chi connectivity index (χ4n) is 3.21. The summed E-state index contributed by atoms with van der Waals surface area (Å²) in [4.78, 5) is 15.5. The highest BCUT2D eigenvalue weighted by atomic mass is 16.6. The van der Waals surface area contributed by atoms with Crippen molar-refractivity contribution >= 4 is 17.1 Å². The highest BCUT2D eigenvalue weighted by Gasteiger charge is 2.23. The molecule has 0 amide bonds. The van der Waals surface area contributed by atoms with Gasteiger partial charge < -0.3 is 15.3 Å². The van der Waals surface area contributed by atoms with Crippen molar-refractivity contribution in [2.24, 2.45) is 0 Å². The smallest absolute Gasteiger partial charge is 0.292 e. The van der Waals surface area contributed by atoms with Crippen molar-refractivity contribution in [1.82, 2.24) is 4.90 Å². The zero-order valence-electron chi connectivity index (χ0n) is 14.7. The molecule has 1 aliphatic heterocycles. The second-order valence-electron chi connectivity index (χ2n) is 6.35. The molecule has 1 heterocycles. The van der Waals surface area contributed by atoms with Gasteiger partial charge in [0, 0.05) is 51.0 Å². The van der Waals surface area contributed by atoms with Gasteiger partial charge in [-0.1, -0.05) is 24.3 Å². The molecule has 0 radical (unpaired) electrons. The zero-order valence-corrected chi connectivity index (χ0v) is 14.7. The lowest BCUT2D eigenvalue weighted by atomic mass is 10.1. The minimum atomic E-state index is -0.304. The lowest BCUT2D eigenvalue weighted by Crippen LogP contribution is -2.47. The Morgan fingerprint density at radius 2 is 1.81 bits per heavy atom. The van der Waals surface area contributed by atoms with Crippen molar-refractivity contribution in [1.29, 1.82) is 0 Å². The van der Waals surface area contributed by atoms with Crippen LogP contribution in [0.2, 0.25) is 0 Å². The zero-order chi connectivity index (χ0) is 18.4. The molecule has 1 saturated heterocycles. The first-order chi connectivity index (χ1) is 12.7. The number of aliphatic hydroxyl groups is 1. The van der Waals surface area contributed by atoms with E-state index in [-0.39, 0.29) is 17.2 Å². The molecule has 7 nitrogen and oxygen atoms in total. The Bertz CT molecular complexity index is 731. The number of para-hydroxylation sites is 1. The van der Waals surface area contributed by atoms with E-state index in [1.54, 1.807) is 6.07 Å². The van der Waals surface area contributed by atoms with E-state index < -0.39 is 0 Å². The number of aliphatic hydroxyl groups excluding tert-OH is 1. The molecule has 0 spiro atoms. The van der Waals surface area contributed by atoms with Gasteiger partial charge in [0.2, 0.25) is 0 Å². The van der Waals surface area contributed by atoms with Gasteiger partial charge in [-0.3, -0.25) is 15.0 Å². The first kappa shape index (κ1) is 18.2. The van der Waals surface area contributed by atoms with Crippen molar-refractivity contribution in [3.8, 4) is 0 Å². The van der Waals surface area contributed by atoms with E-state index in [2.05, 4.69) is 15.1 Å². The summed E-state index contributed by atoms with van der Waals surface area (Å²) in [6.07, 6.45) is 0. The van der Waals surface area contributed by atoms with Gasteiger partial charge in [0.05, 0.1) is 11.5 Å². The number of hydrogen-bond donors (Lipinski definition) is 2. The molecule has 0 bridgehead atoms. The Kier molecular flexibility index (Phi) is 6.04. The van der Waals surface area contributed by atoms with Gasteiger partial charge >= 0.3 is 0 Å². The second kappa shape index (κ2) is 8.64. The minimum Gasteiger partial charge on any atom is -0.395 e. The highest BCUT2D eigenvalue weighted by Crippen LogP contribution is 2.30. The van der Waals surface area contributed by atoms with Crippen molar-refractivity contribution in [2.75, 3.05) is 49.5 Å². The largest absolute Gasteiger partial charge is 0.395 e. The fourth-order valence-corrected chi connectivity index (χ4v) is 3.21. The van der Waals surface area contributed by atoms with Crippen LogP contribution in [0.15, 0.2) is 48.5 Å². The number of hydrogen-bond acceptors (Lipinski definition) is 6. The number of nitro benzene ring substituents is 1. The Balaban J connectivity index is 1.70. The summed E-state index contributed by atoms with van der Waals surface area (Å²) in [5.74, 6) is 0. The van der Waals surface area contributed by atoms with Crippen LogP contribution in [0.4, 0.5) is 17.1 Å². The topological polar surface area (TPSA) is 81.9 Å². The fraction of sp³-hybridized carbons (Fsp3) is 0.368. The lowest BCUT2D eigenvalue weighted by molar-refractivity contribution is -0.384. The number of piperazine rings is 1. The highest BCUT2D eigenvalue weighted by molar-refractivity contribution is 5.65. The van der Waals surface area contributed by atoms with Gasteiger partial charge in [-0.2, -0.15) is 0 Å². The van der Waals surface area contributed by atoms with Gasteiger partial charge in [-0.15, -0.1) is 0 Å². The van der Waals surface area contributed by atoms with Crippen LogP contribution in [0, 0.1) is 10.1 Å². The molecule has 26 heavy (non-hydrogen) atoms. The maximum Gasteiger partial charge on any atom is 0.292 e. The standard InChI is InChI=1S/C19H24N4O3/c24-13-12-21-8-10-22(11-9-21)18-7-6-16(14-19(18)23(25)26)15-20-17-4-2-1-3-5-17/h1-7,14,20,24H,8-13,15H2. The van der Waals surface area contributed by atoms with E-state index in [4.69, 9.17) is 5.11 Å². The molecule has 7 heteroatoms. The number of nitro groups is 1. The summed E-state index contributed by atoms with van der Waals surface area (Å²) < 4.78 is 0. The third kappa shape index (κ3) is 4.50. The Labute approximate surface area is 153 Å². The molecule has 2 aromatic carbocycles. The Morgan fingerprint density at radius 1 is 1.08 bits per heavy atom. The third-order valence-electron chi connectivity index (χ3n) is 4.64. The maximum atomic E-state index is 11.6. The van der Waals surface area contributed by atoms with E-state index in [0.29, 0.717) is 18.8 Å². The number of nitrogens with zero attached hydrogens (tertiary/aromatic N) is 3. The second-order valence-corrected chi connectivity index (χ2v) is 6.35. The van der Waals surface area contributed by atoms with Crippen LogP contribution in [0.5, 0.6) is 0 Å². The molecule has 2 N–H and O–H groups in total. The van der Waals surface area contributed by atoms with E-state index in [0.717, 1.165) is 37.4 Å². The Morgan fingerprint density at radius 3 is 2.46 bits per heavy atom. The molecule has 0 saturated carbocycles.